The van der Waals surface area contributed by atoms with E-state index in [9.17, 15) is 9.18 Å². The lowest BCUT2D eigenvalue weighted by Gasteiger charge is -2.23. The summed E-state index contributed by atoms with van der Waals surface area (Å²) in [5.74, 6) is 1.60. The van der Waals surface area contributed by atoms with Crippen LogP contribution in [0.15, 0.2) is 40.9 Å². The first-order chi connectivity index (χ1) is 16.5. The van der Waals surface area contributed by atoms with Crippen LogP contribution in [0.25, 0.3) is 11.4 Å². The highest BCUT2D eigenvalue weighted by Gasteiger charge is 2.35. The van der Waals surface area contributed by atoms with E-state index >= 15 is 0 Å². The van der Waals surface area contributed by atoms with Gasteiger partial charge in [0.05, 0.1) is 19.8 Å². The average Bonchev–Trinajstić information content (AvgIpc) is 3.51. The number of benzene rings is 2. The van der Waals surface area contributed by atoms with Gasteiger partial charge in [0, 0.05) is 17.7 Å². The van der Waals surface area contributed by atoms with Gasteiger partial charge in [-0.05, 0) is 70.0 Å². The highest BCUT2D eigenvalue weighted by molar-refractivity contribution is 5.96. The lowest BCUT2D eigenvalue weighted by atomic mass is 10.1. The van der Waals surface area contributed by atoms with Gasteiger partial charge < -0.3 is 23.6 Å². The number of carbonyl (C=O) groups excluding carboxylic acids is 1. The number of rotatable bonds is 9. The molecule has 1 unspecified atom stereocenters. The maximum absolute atomic E-state index is 13.6. The second kappa shape index (κ2) is 10.5. The smallest absolute Gasteiger partial charge is 0.254 e. The van der Waals surface area contributed by atoms with Crippen molar-refractivity contribution in [2.75, 3.05) is 26.4 Å². The fourth-order valence-corrected chi connectivity index (χ4v) is 4.03. The lowest BCUT2D eigenvalue weighted by Crippen LogP contribution is -2.30. The molecule has 1 saturated heterocycles. The fourth-order valence-electron chi connectivity index (χ4n) is 4.03. The number of aromatic nitrogens is 2. The lowest BCUT2D eigenvalue weighted by molar-refractivity contribution is 0.0709. The van der Waals surface area contributed by atoms with Gasteiger partial charge in [-0.25, -0.2) is 4.39 Å². The minimum Gasteiger partial charge on any atom is -0.490 e. The molecule has 8 nitrogen and oxygen atoms in total. The predicted molar refractivity (Wildman–Crippen MR) is 123 cm³/mol. The number of nitrogens with zero attached hydrogens (tertiary/aromatic N) is 3. The Hall–Kier alpha value is -3.62. The van der Waals surface area contributed by atoms with Crippen LogP contribution in [0.4, 0.5) is 4.39 Å². The topological polar surface area (TPSA) is 86.9 Å². The minimum absolute atomic E-state index is 0.186. The molecule has 34 heavy (non-hydrogen) atoms. The van der Waals surface area contributed by atoms with Crippen molar-refractivity contribution in [1.29, 1.82) is 0 Å². The van der Waals surface area contributed by atoms with Crippen LogP contribution in [0.3, 0.4) is 0 Å². The molecule has 0 saturated carbocycles. The Kier molecular flexibility index (Phi) is 7.30. The summed E-state index contributed by atoms with van der Waals surface area (Å²) in [6, 6.07) is 8.88. The highest BCUT2D eigenvalue weighted by atomic mass is 19.1. The molecule has 1 amide bonds. The second-order valence-electron chi connectivity index (χ2n) is 7.72. The molecule has 3 aromatic rings. The summed E-state index contributed by atoms with van der Waals surface area (Å²) >= 11 is 0. The van der Waals surface area contributed by atoms with E-state index in [1.807, 2.05) is 20.8 Å². The van der Waals surface area contributed by atoms with Gasteiger partial charge in [0.15, 0.2) is 11.5 Å². The maximum atomic E-state index is 13.6. The van der Waals surface area contributed by atoms with E-state index in [1.54, 1.807) is 29.2 Å². The normalized spacial score (nSPS) is 15.4. The molecule has 1 fully saturated rings. The number of ether oxygens (including phenoxy) is 3. The zero-order valence-electron chi connectivity index (χ0n) is 19.5. The van der Waals surface area contributed by atoms with E-state index in [1.165, 1.54) is 12.1 Å². The molecule has 0 N–H and O–H groups in total. The molecule has 2 heterocycles. The maximum Gasteiger partial charge on any atom is 0.254 e. The molecule has 9 heteroatoms. The van der Waals surface area contributed by atoms with Gasteiger partial charge in [0.1, 0.15) is 11.9 Å². The molecule has 180 valence electrons. The highest BCUT2D eigenvalue weighted by Crippen LogP contribution is 2.41. The van der Waals surface area contributed by atoms with Crippen LogP contribution < -0.4 is 14.2 Å². The monoisotopic (exact) mass is 469 g/mol. The largest absolute Gasteiger partial charge is 0.490 e. The number of carbonyl (C=O) groups is 1. The predicted octanol–water partition coefficient (Wildman–Crippen LogP) is 5.05. The Morgan fingerprint density at radius 2 is 1.71 bits per heavy atom. The quantitative estimate of drug-likeness (QED) is 0.433. The van der Waals surface area contributed by atoms with Crippen LogP contribution in [-0.4, -0.2) is 47.3 Å². The summed E-state index contributed by atoms with van der Waals surface area (Å²) < 4.78 is 36.0. The zero-order valence-corrected chi connectivity index (χ0v) is 19.5. The van der Waals surface area contributed by atoms with E-state index in [4.69, 9.17) is 18.7 Å². The number of likely N-dealkylation sites (tertiary alicyclic amines) is 1. The van der Waals surface area contributed by atoms with Gasteiger partial charge in [-0.15, -0.1) is 0 Å². The Morgan fingerprint density at radius 3 is 2.32 bits per heavy atom. The molecule has 1 atom stereocenters. The average molecular weight is 470 g/mol. The van der Waals surface area contributed by atoms with Gasteiger partial charge >= 0.3 is 0 Å². The van der Waals surface area contributed by atoms with Crippen molar-refractivity contribution in [2.24, 2.45) is 0 Å². The van der Waals surface area contributed by atoms with Crippen molar-refractivity contribution in [3.05, 3.63) is 53.7 Å². The molecule has 0 bridgehead atoms. The molecule has 1 aliphatic rings. The summed E-state index contributed by atoms with van der Waals surface area (Å²) in [5.41, 5.74) is 1.07. The molecule has 4 rings (SSSR count). The van der Waals surface area contributed by atoms with E-state index in [0.29, 0.717) is 72.9 Å². The number of halogens is 1. The summed E-state index contributed by atoms with van der Waals surface area (Å²) in [4.78, 5) is 19.8. The van der Waals surface area contributed by atoms with Crippen LogP contribution in [0.2, 0.25) is 0 Å². The number of hydrogen-bond donors (Lipinski definition) is 0. The molecule has 0 aliphatic carbocycles. The van der Waals surface area contributed by atoms with Crippen LogP contribution in [0, 0.1) is 5.82 Å². The molecule has 1 aliphatic heterocycles. The third-order valence-electron chi connectivity index (χ3n) is 5.50. The first kappa shape index (κ1) is 23.5. The van der Waals surface area contributed by atoms with Crippen molar-refractivity contribution in [3.8, 4) is 28.6 Å². The van der Waals surface area contributed by atoms with E-state index in [-0.39, 0.29) is 17.8 Å². The second-order valence-corrected chi connectivity index (χ2v) is 7.72. The molecule has 2 aromatic carbocycles. The summed E-state index contributed by atoms with van der Waals surface area (Å²) in [6.45, 7) is 7.45. The molecular formula is C25H28FN3O5. The van der Waals surface area contributed by atoms with E-state index in [0.717, 1.165) is 6.42 Å². The Morgan fingerprint density at radius 1 is 1.06 bits per heavy atom. The van der Waals surface area contributed by atoms with Crippen molar-refractivity contribution in [2.45, 2.75) is 39.7 Å². The van der Waals surface area contributed by atoms with Crippen molar-refractivity contribution < 1.29 is 27.9 Å². The van der Waals surface area contributed by atoms with Crippen molar-refractivity contribution in [1.82, 2.24) is 15.0 Å². The van der Waals surface area contributed by atoms with Gasteiger partial charge in [-0.3, -0.25) is 4.79 Å². The van der Waals surface area contributed by atoms with Gasteiger partial charge in [0.25, 0.3) is 5.91 Å². The first-order valence-electron chi connectivity index (χ1n) is 11.5. The fraction of sp³-hybridized carbons (Fsp3) is 0.400. The first-order valence-corrected chi connectivity index (χ1v) is 11.5. The van der Waals surface area contributed by atoms with Crippen LogP contribution >= 0.6 is 0 Å². The summed E-state index contributed by atoms with van der Waals surface area (Å²) in [6.07, 6.45) is 1.50. The van der Waals surface area contributed by atoms with Crippen LogP contribution in [0.5, 0.6) is 17.2 Å². The summed E-state index contributed by atoms with van der Waals surface area (Å²) in [5, 5.41) is 4.03. The Labute approximate surface area is 197 Å². The van der Waals surface area contributed by atoms with Crippen molar-refractivity contribution in [3.63, 3.8) is 0 Å². The molecule has 1 aromatic heterocycles. The van der Waals surface area contributed by atoms with Crippen LogP contribution in [-0.2, 0) is 0 Å². The molecule has 0 radical (unpaired) electrons. The van der Waals surface area contributed by atoms with Gasteiger partial charge in [-0.2, -0.15) is 4.98 Å². The van der Waals surface area contributed by atoms with Gasteiger partial charge in [-0.1, -0.05) is 5.16 Å². The van der Waals surface area contributed by atoms with E-state index in [2.05, 4.69) is 10.1 Å². The molecule has 0 spiro atoms. The third-order valence-corrected chi connectivity index (χ3v) is 5.50. The van der Waals surface area contributed by atoms with E-state index < -0.39 is 0 Å². The van der Waals surface area contributed by atoms with Crippen molar-refractivity contribution >= 4 is 5.91 Å². The Bertz CT molecular complexity index is 1100. The SMILES string of the molecule is CCOc1cc(C(=O)N2CCCC2c2nc(-c3ccc(F)cc3)no2)cc(OCC)c1OCC. The summed E-state index contributed by atoms with van der Waals surface area (Å²) in [7, 11) is 0. The standard InChI is InChI=1S/C25H28FN3O5/c1-4-31-20-14-17(15-21(32-5-2)22(20)33-6-3)25(30)29-13-7-8-19(29)24-27-23(28-34-24)16-9-11-18(26)12-10-16/h9-12,14-15,19H,4-8,13H2,1-3H3. The van der Waals surface area contributed by atoms with Gasteiger partial charge in [0.2, 0.25) is 17.5 Å². The number of amides is 1. The molecular weight excluding hydrogens is 441 g/mol. The minimum atomic E-state index is -0.355. The number of hydrogen-bond acceptors (Lipinski definition) is 7. The zero-order chi connectivity index (χ0) is 24.1. The Balaban J connectivity index is 1.63. The third kappa shape index (κ3) is 4.83. The van der Waals surface area contributed by atoms with Crippen LogP contribution in [0.1, 0.15) is 55.9 Å².